The lowest BCUT2D eigenvalue weighted by atomic mass is 9.88. The lowest BCUT2D eigenvalue weighted by Gasteiger charge is -2.39. The zero-order valence-electron chi connectivity index (χ0n) is 22.1. The Kier molecular flexibility index (Phi) is 7.79. The fourth-order valence-corrected chi connectivity index (χ4v) is 5.28. The molecule has 2 aromatic heterocycles. The maximum absolute atomic E-state index is 13.5. The van der Waals surface area contributed by atoms with Crippen LogP contribution in [-0.2, 0) is 11.3 Å². The number of nitrogens with one attached hydrogen (secondary N) is 2. The molecule has 1 aromatic carbocycles. The smallest absolute Gasteiger partial charge is 0.280 e. The minimum Gasteiger partial charge on any atom is -0.382 e. The molecule has 1 fully saturated rings. The van der Waals surface area contributed by atoms with E-state index >= 15 is 0 Å². The van der Waals surface area contributed by atoms with E-state index in [4.69, 9.17) is 27.8 Å². The van der Waals surface area contributed by atoms with E-state index in [9.17, 15) is 14.7 Å². The summed E-state index contributed by atoms with van der Waals surface area (Å²) >= 11 is 5.89. The summed E-state index contributed by atoms with van der Waals surface area (Å²) in [6, 6.07) is 7.72. The number of likely N-dealkylation sites (tertiary alicyclic amines) is 1. The molecule has 14 heteroatoms. The molecule has 1 spiro atoms. The first kappa shape index (κ1) is 27.6. The van der Waals surface area contributed by atoms with E-state index < -0.39 is 12.2 Å². The Morgan fingerprint density at radius 3 is 2.75 bits per heavy atom. The number of hydrogen-bond acceptors (Lipinski definition) is 10. The van der Waals surface area contributed by atoms with Gasteiger partial charge in [-0.05, 0) is 43.9 Å². The summed E-state index contributed by atoms with van der Waals surface area (Å²) in [5.41, 5.74) is 12.5. The van der Waals surface area contributed by atoms with Crippen molar-refractivity contribution >= 4 is 51.9 Å². The van der Waals surface area contributed by atoms with Gasteiger partial charge in [-0.15, -0.1) is 0 Å². The first-order chi connectivity index (χ1) is 19.2. The molecule has 212 valence electrons. The fraction of sp³-hybridized carbons (Fsp3) is 0.423. The monoisotopic (exact) mass is 569 g/mol. The van der Waals surface area contributed by atoms with E-state index in [1.807, 2.05) is 35.4 Å². The number of nitrogens with two attached hydrogens (primary N) is 2. The number of benzene rings is 1. The van der Waals surface area contributed by atoms with Crippen molar-refractivity contribution in [1.82, 2.24) is 30.1 Å². The summed E-state index contributed by atoms with van der Waals surface area (Å²) in [6.45, 7) is 2.26. The van der Waals surface area contributed by atoms with Gasteiger partial charge in [0.15, 0.2) is 34.7 Å². The number of nitrogen functional groups attached to an aromatic ring is 2. The predicted molar refractivity (Wildman–Crippen MR) is 151 cm³/mol. The molecule has 1 saturated heterocycles. The number of nitrogens with zero attached hydrogens (tertiary/aromatic N) is 5. The number of aliphatic hydroxyl groups excluding tert-OH is 1. The number of aryl methyl sites for hydroxylation is 1. The van der Waals surface area contributed by atoms with Gasteiger partial charge in [-0.3, -0.25) is 19.9 Å². The highest BCUT2D eigenvalue weighted by Gasteiger charge is 2.40. The van der Waals surface area contributed by atoms with Crippen LogP contribution in [0.2, 0.25) is 5.15 Å². The molecule has 3 aromatic rings. The molecular weight excluding hydrogens is 538 g/mol. The van der Waals surface area contributed by atoms with Crippen LogP contribution < -0.4 is 22.1 Å². The van der Waals surface area contributed by atoms with Crippen LogP contribution >= 0.6 is 11.6 Å². The Labute approximate surface area is 235 Å². The van der Waals surface area contributed by atoms with Gasteiger partial charge >= 0.3 is 0 Å². The van der Waals surface area contributed by atoms with Crippen molar-refractivity contribution in [2.24, 2.45) is 4.99 Å². The highest BCUT2D eigenvalue weighted by atomic mass is 35.5. The van der Waals surface area contributed by atoms with Crippen LogP contribution in [0.5, 0.6) is 0 Å². The molecular formula is C26H32ClN9O4. The highest BCUT2D eigenvalue weighted by molar-refractivity contribution is 6.31. The molecule has 0 radical (unpaired) electrons. The largest absolute Gasteiger partial charge is 0.382 e. The summed E-state index contributed by atoms with van der Waals surface area (Å²) in [7, 11) is 1.48. The third-order valence-electron chi connectivity index (χ3n) is 7.45. The molecule has 40 heavy (non-hydrogen) atoms. The van der Waals surface area contributed by atoms with Gasteiger partial charge in [-0.1, -0.05) is 17.7 Å². The summed E-state index contributed by atoms with van der Waals surface area (Å²) < 4.78 is 7.00. The molecule has 1 atom stereocenters. The summed E-state index contributed by atoms with van der Waals surface area (Å²) in [5.74, 6) is -0.495. The highest BCUT2D eigenvalue weighted by Crippen LogP contribution is 2.29. The molecule has 1 unspecified atom stereocenters. The minimum absolute atomic E-state index is 0.0188. The van der Waals surface area contributed by atoms with E-state index in [-0.39, 0.29) is 33.9 Å². The number of guanidine groups is 1. The van der Waals surface area contributed by atoms with Gasteiger partial charge in [-0.2, -0.15) is 0 Å². The zero-order valence-corrected chi connectivity index (χ0v) is 22.8. The van der Waals surface area contributed by atoms with Crippen LogP contribution in [0.15, 0.2) is 35.5 Å². The number of aromatic nitrogens is 3. The first-order valence-corrected chi connectivity index (χ1v) is 13.4. The van der Waals surface area contributed by atoms with E-state index in [1.54, 1.807) is 0 Å². The maximum Gasteiger partial charge on any atom is 0.280 e. The molecule has 7 N–H and O–H groups in total. The van der Waals surface area contributed by atoms with Crippen molar-refractivity contribution in [3.63, 3.8) is 0 Å². The zero-order chi connectivity index (χ0) is 28.4. The predicted octanol–water partition coefficient (Wildman–Crippen LogP) is 1.36. The average molecular weight is 570 g/mol. The van der Waals surface area contributed by atoms with Crippen LogP contribution in [0, 0.1) is 0 Å². The second-order valence-corrected chi connectivity index (χ2v) is 10.4. The van der Waals surface area contributed by atoms with E-state index in [2.05, 4.69) is 30.2 Å². The standard InChI is InChI=1S/C26H32ClN9O4/c1-40-18(37)6-3-10-35-11-7-15-16(4-2-5-17(15)35)24(39)36-12-8-26(9-13-36)14-30-25(34-26)33-23(38)19-21(28)32-22(29)20(27)31-19/h2,4-5,7,11,18,37H,3,6,8-10,12-14H2,1H3,(H4,28,29,32)(H2,30,33,34,38). The van der Waals surface area contributed by atoms with Gasteiger partial charge in [0.05, 0.1) is 12.1 Å². The van der Waals surface area contributed by atoms with Crippen LogP contribution in [0.3, 0.4) is 0 Å². The maximum atomic E-state index is 13.5. The summed E-state index contributed by atoms with van der Waals surface area (Å²) in [4.78, 5) is 40.3. The van der Waals surface area contributed by atoms with Crippen LogP contribution in [0.1, 0.15) is 46.5 Å². The normalized spacial score (nSPS) is 17.1. The van der Waals surface area contributed by atoms with Crippen molar-refractivity contribution in [1.29, 1.82) is 0 Å². The molecule has 2 aliphatic rings. The molecule has 0 aliphatic carbocycles. The number of amides is 2. The lowest BCUT2D eigenvalue weighted by Crippen LogP contribution is -2.57. The quantitative estimate of drug-likeness (QED) is 0.262. The van der Waals surface area contributed by atoms with Crippen molar-refractivity contribution in [3.8, 4) is 0 Å². The lowest BCUT2D eigenvalue weighted by molar-refractivity contribution is -0.0794. The Bertz CT molecular complexity index is 1470. The topological polar surface area (TPSA) is 186 Å². The summed E-state index contributed by atoms with van der Waals surface area (Å²) in [5, 5.41) is 16.4. The molecule has 2 amide bonds. The fourth-order valence-electron chi connectivity index (χ4n) is 5.16. The summed E-state index contributed by atoms with van der Waals surface area (Å²) in [6.07, 6.45) is 3.80. The van der Waals surface area contributed by atoms with Crippen LogP contribution in [0.4, 0.5) is 11.6 Å². The molecule has 0 bridgehead atoms. The number of anilines is 2. The van der Waals surface area contributed by atoms with Gasteiger partial charge in [0.25, 0.3) is 11.8 Å². The number of piperidine rings is 1. The minimum atomic E-state index is -0.774. The Balaban J connectivity index is 1.19. The van der Waals surface area contributed by atoms with Gasteiger partial charge in [0.2, 0.25) is 0 Å². The van der Waals surface area contributed by atoms with Gasteiger partial charge in [0, 0.05) is 49.4 Å². The van der Waals surface area contributed by atoms with Crippen molar-refractivity contribution < 1.29 is 19.4 Å². The second kappa shape index (κ2) is 11.3. The number of fused-ring (bicyclic) bond motifs is 1. The number of rotatable bonds is 7. The van der Waals surface area contributed by atoms with Crippen molar-refractivity contribution in [2.45, 2.75) is 44.1 Å². The third-order valence-corrected chi connectivity index (χ3v) is 7.73. The number of ether oxygens (including phenoxy) is 1. The molecule has 5 rings (SSSR count). The van der Waals surface area contributed by atoms with Crippen molar-refractivity contribution in [3.05, 3.63) is 46.9 Å². The van der Waals surface area contributed by atoms with E-state index in [0.29, 0.717) is 57.0 Å². The number of aliphatic imine (C=N–C) groups is 1. The Morgan fingerprint density at radius 2 is 2.00 bits per heavy atom. The number of aliphatic hydroxyl groups is 1. The van der Waals surface area contributed by atoms with E-state index in [1.165, 1.54) is 7.11 Å². The number of carbonyl (C=O) groups excluding carboxylic acids is 2. The molecule has 13 nitrogen and oxygen atoms in total. The van der Waals surface area contributed by atoms with Gasteiger partial charge < -0.3 is 36.1 Å². The SMILES string of the molecule is COC(O)CCCn1ccc2c(C(=O)N3CCC4(CC3)CN=C(NC(=O)c3nc(Cl)c(N)nc3N)N4)cccc21. The Morgan fingerprint density at radius 1 is 1.23 bits per heavy atom. The van der Waals surface area contributed by atoms with Crippen molar-refractivity contribution in [2.75, 3.05) is 38.2 Å². The van der Waals surface area contributed by atoms with Crippen LogP contribution in [0.25, 0.3) is 10.9 Å². The van der Waals surface area contributed by atoms with Gasteiger partial charge in [-0.25, -0.2) is 9.97 Å². The molecule has 4 heterocycles. The average Bonchev–Trinajstić information content (AvgIpc) is 3.54. The van der Waals surface area contributed by atoms with Gasteiger partial charge in [0.1, 0.15) is 0 Å². The number of methoxy groups -OCH3 is 1. The van der Waals surface area contributed by atoms with E-state index in [0.717, 1.165) is 17.3 Å². The molecule has 2 aliphatic heterocycles. The number of halogens is 1. The Hall–Kier alpha value is -3.94. The second-order valence-electron chi connectivity index (χ2n) is 10.0. The number of carbonyl (C=O) groups is 2. The van der Waals surface area contributed by atoms with Crippen LogP contribution in [-0.4, -0.2) is 80.9 Å². The molecule has 0 saturated carbocycles. The number of hydrogen-bond donors (Lipinski definition) is 5. The third kappa shape index (κ3) is 5.53. The first-order valence-electron chi connectivity index (χ1n) is 13.0.